The molecule has 4 rings (SSSR count). The number of fused-ring (bicyclic) bond motifs is 1. The monoisotopic (exact) mass is 472 g/mol. The summed E-state index contributed by atoms with van der Waals surface area (Å²) in [5, 5.41) is 14.0. The first-order valence-corrected chi connectivity index (χ1v) is 11.4. The highest BCUT2D eigenvalue weighted by atomic mass is 16.5. The van der Waals surface area contributed by atoms with Crippen molar-refractivity contribution in [1.29, 1.82) is 0 Å². The summed E-state index contributed by atoms with van der Waals surface area (Å²) >= 11 is 0. The number of nitrogens with one attached hydrogen (secondary N) is 1. The number of imidazole rings is 1. The van der Waals surface area contributed by atoms with E-state index in [1.54, 1.807) is 0 Å². The molecule has 1 unspecified atom stereocenters. The first-order chi connectivity index (χ1) is 16.9. The van der Waals surface area contributed by atoms with Crippen molar-refractivity contribution < 1.29 is 14.4 Å². The molecular weight excluding hydrogens is 444 g/mol. The van der Waals surface area contributed by atoms with Gasteiger partial charge in [0.15, 0.2) is 5.82 Å². The van der Waals surface area contributed by atoms with Crippen LogP contribution in [0.4, 0.5) is 0 Å². The minimum absolute atomic E-state index is 0.0123. The molecule has 2 N–H and O–H groups in total. The predicted molar refractivity (Wildman–Crippen MR) is 137 cm³/mol. The average Bonchev–Trinajstić information content (AvgIpc) is 3.43. The molecule has 2 aromatic heterocycles. The molecule has 8 heteroatoms. The van der Waals surface area contributed by atoms with E-state index in [1.165, 1.54) is 0 Å². The smallest absolute Gasteiger partial charge is 0.439 e. The fourth-order valence-corrected chi connectivity index (χ4v) is 4.05. The number of hydrogen-bond acceptors (Lipinski definition) is 6. The van der Waals surface area contributed by atoms with E-state index in [-0.39, 0.29) is 11.7 Å². The molecule has 2 aromatic carbocycles. The van der Waals surface area contributed by atoms with Crippen LogP contribution in [0.2, 0.25) is 0 Å². The van der Waals surface area contributed by atoms with Crippen LogP contribution in [0.1, 0.15) is 31.9 Å². The molecule has 4 aromatic rings. The number of allylic oxidation sites excluding steroid dienone is 4. The maximum atomic E-state index is 11.5. The third-order valence-electron chi connectivity index (χ3n) is 5.64. The quantitative estimate of drug-likeness (QED) is 0.242. The molecule has 180 valence electrons. The average molecular weight is 473 g/mol. The standard InChI is InChI=1S/C27H28N4O4/c1-5-19(21-10-7-8-11-22(21)25-29-27(33)35-30-25)15-14-17(3)16-31-24-20(18(4)32)12-9-13-23(24)28-26(31)34-6-2/h5,7-15,17,32H,4,6,16H2,1-3H3,(H,29,30,33)/b15-14-,19-5+. The molecule has 0 bridgehead atoms. The van der Waals surface area contributed by atoms with Gasteiger partial charge in [0.05, 0.1) is 17.6 Å². The van der Waals surface area contributed by atoms with Gasteiger partial charge in [-0.25, -0.2) is 4.79 Å². The Bertz CT molecular complexity index is 1470. The summed E-state index contributed by atoms with van der Waals surface area (Å²) in [6.07, 6.45) is 6.16. The summed E-state index contributed by atoms with van der Waals surface area (Å²) in [5.41, 5.74) is 4.82. The highest BCUT2D eigenvalue weighted by Crippen LogP contribution is 2.30. The van der Waals surface area contributed by atoms with Crippen LogP contribution >= 0.6 is 0 Å². The van der Waals surface area contributed by atoms with E-state index in [1.807, 2.05) is 73.0 Å². The fourth-order valence-electron chi connectivity index (χ4n) is 4.05. The number of aliphatic hydroxyl groups excluding tert-OH is 1. The first-order valence-electron chi connectivity index (χ1n) is 11.4. The van der Waals surface area contributed by atoms with Gasteiger partial charge in [0.25, 0.3) is 6.01 Å². The number of benzene rings is 2. The van der Waals surface area contributed by atoms with Crippen molar-refractivity contribution in [3.63, 3.8) is 0 Å². The van der Waals surface area contributed by atoms with Crippen LogP contribution in [-0.2, 0) is 6.54 Å². The molecule has 8 nitrogen and oxygen atoms in total. The summed E-state index contributed by atoms with van der Waals surface area (Å²) in [6, 6.07) is 13.7. The van der Waals surface area contributed by atoms with Crippen LogP contribution in [0.25, 0.3) is 33.8 Å². The van der Waals surface area contributed by atoms with Crippen LogP contribution in [0, 0.1) is 5.92 Å². The molecular formula is C27H28N4O4. The normalized spacial score (nSPS) is 12.9. The van der Waals surface area contributed by atoms with Crippen molar-refractivity contribution in [3.8, 4) is 17.4 Å². The SMILES string of the molecule is C=C(O)c1cccc2nc(OCC)n(CC(C)/C=C\C(=C/C)c3ccccc3-c3noc(=O)[nH]3)c12. The van der Waals surface area contributed by atoms with Gasteiger partial charge in [0.1, 0.15) is 5.76 Å². The van der Waals surface area contributed by atoms with Crippen LogP contribution in [-0.4, -0.2) is 31.4 Å². The lowest BCUT2D eigenvalue weighted by Crippen LogP contribution is -2.09. The van der Waals surface area contributed by atoms with Crippen LogP contribution in [0.5, 0.6) is 6.01 Å². The Morgan fingerprint density at radius 2 is 2.03 bits per heavy atom. The van der Waals surface area contributed by atoms with Gasteiger partial charge in [-0.3, -0.25) is 14.1 Å². The van der Waals surface area contributed by atoms with Crippen molar-refractivity contribution in [2.24, 2.45) is 5.92 Å². The molecule has 1 atom stereocenters. The van der Waals surface area contributed by atoms with E-state index >= 15 is 0 Å². The summed E-state index contributed by atoms with van der Waals surface area (Å²) in [5.74, 6) is -0.125. The van der Waals surface area contributed by atoms with Gasteiger partial charge in [0.2, 0.25) is 0 Å². The van der Waals surface area contributed by atoms with Gasteiger partial charge in [0, 0.05) is 17.7 Å². The predicted octanol–water partition coefficient (Wildman–Crippen LogP) is 5.60. The number of aliphatic hydroxyl groups is 1. The Labute approximate surface area is 202 Å². The maximum absolute atomic E-state index is 11.5. The molecule has 0 aliphatic heterocycles. The van der Waals surface area contributed by atoms with E-state index in [0.29, 0.717) is 30.5 Å². The van der Waals surface area contributed by atoms with Crippen LogP contribution < -0.4 is 10.5 Å². The topological polar surface area (TPSA) is 106 Å². The van der Waals surface area contributed by atoms with Gasteiger partial charge in [-0.05, 0) is 43.0 Å². The van der Waals surface area contributed by atoms with E-state index < -0.39 is 5.76 Å². The van der Waals surface area contributed by atoms with Gasteiger partial charge >= 0.3 is 5.76 Å². The Morgan fingerprint density at radius 1 is 1.26 bits per heavy atom. The Balaban J connectivity index is 1.65. The summed E-state index contributed by atoms with van der Waals surface area (Å²) < 4.78 is 12.5. The minimum Gasteiger partial charge on any atom is -0.508 e. The number of aromatic nitrogens is 4. The number of hydrogen-bond donors (Lipinski definition) is 2. The third-order valence-corrected chi connectivity index (χ3v) is 5.64. The molecule has 2 heterocycles. The molecule has 35 heavy (non-hydrogen) atoms. The van der Waals surface area contributed by atoms with Crippen LogP contribution in [0.3, 0.4) is 0 Å². The maximum Gasteiger partial charge on any atom is 0.439 e. The zero-order valence-electron chi connectivity index (χ0n) is 20.0. The van der Waals surface area contributed by atoms with E-state index in [2.05, 4.69) is 34.7 Å². The summed E-state index contributed by atoms with van der Waals surface area (Å²) in [4.78, 5) is 18.7. The number of H-pyrrole nitrogens is 1. The van der Waals surface area contributed by atoms with Gasteiger partial charge in [-0.2, -0.15) is 4.98 Å². The van der Waals surface area contributed by atoms with Crippen LogP contribution in [0.15, 0.2) is 76.6 Å². The molecule has 0 saturated heterocycles. The molecule has 0 aliphatic rings. The Morgan fingerprint density at radius 3 is 2.71 bits per heavy atom. The summed E-state index contributed by atoms with van der Waals surface area (Å²) in [6.45, 7) is 10.7. The lowest BCUT2D eigenvalue weighted by Gasteiger charge is -2.14. The van der Waals surface area contributed by atoms with Gasteiger partial charge in [-0.1, -0.05) is 67.2 Å². The molecule has 0 spiro atoms. The number of nitrogens with zero attached hydrogens (tertiary/aromatic N) is 3. The van der Waals surface area contributed by atoms with Crippen molar-refractivity contribution in [1.82, 2.24) is 19.7 Å². The number of aromatic amines is 1. The number of ether oxygens (including phenoxy) is 1. The second kappa shape index (κ2) is 10.3. The van der Waals surface area contributed by atoms with Crippen molar-refractivity contribution in [2.75, 3.05) is 6.61 Å². The molecule has 0 aliphatic carbocycles. The lowest BCUT2D eigenvalue weighted by atomic mass is 9.97. The van der Waals surface area contributed by atoms with Crippen molar-refractivity contribution >= 4 is 22.4 Å². The fraction of sp³-hybridized carbons (Fsp3) is 0.222. The zero-order chi connectivity index (χ0) is 24.9. The van der Waals surface area contributed by atoms with E-state index in [4.69, 9.17) is 9.26 Å². The van der Waals surface area contributed by atoms with Crippen molar-refractivity contribution in [3.05, 3.63) is 88.9 Å². The second-order valence-electron chi connectivity index (χ2n) is 8.13. The Kier molecular flexibility index (Phi) is 7.01. The third kappa shape index (κ3) is 4.96. The second-order valence-corrected chi connectivity index (χ2v) is 8.13. The molecule has 0 amide bonds. The van der Waals surface area contributed by atoms with Crippen molar-refractivity contribution in [2.45, 2.75) is 27.3 Å². The summed E-state index contributed by atoms with van der Waals surface area (Å²) in [7, 11) is 0. The first kappa shape index (κ1) is 23.8. The molecule has 0 fully saturated rings. The number of rotatable bonds is 9. The molecule has 0 saturated carbocycles. The van der Waals surface area contributed by atoms with E-state index in [0.717, 1.165) is 27.7 Å². The van der Waals surface area contributed by atoms with E-state index in [9.17, 15) is 9.90 Å². The highest BCUT2D eigenvalue weighted by Gasteiger charge is 2.18. The Hall–Kier alpha value is -4.33. The zero-order valence-corrected chi connectivity index (χ0v) is 20.0. The van der Waals surface area contributed by atoms with Gasteiger partial charge in [-0.15, -0.1) is 0 Å². The highest BCUT2D eigenvalue weighted by molar-refractivity contribution is 5.88. The molecule has 0 radical (unpaired) electrons. The largest absolute Gasteiger partial charge is 0.508 e. The lowest BCUT2D eigenvalue weighted by molar-refractivity contribution is 0.294. The minimum atomic E-state index is -0.594. The van der Waals surface area contributed by atoms with Gasteiger partial charge < -0.3 is 9.84 Å². The number of para-hydroxylation sites is 1.